The highest BCUT2D eigenvalue weighted by Gasteiger charge is 2.16. The van der Waals surface area contributed by atoms with Crippen molar-refractivity contribution in [1.82, 2.24) is 9.55 Å². The second kappa shape index (κ2) is 8.01. The molecule has 1 aromatic heterocycles. The molecular formula is C20H19N3O2S. The minimum atomic E-state index is -0.114. The first-order valence-corrected chi connectivity index (χ1v) is 9.15. The monoisotopic (exact) mass is 365 g/mol. The fourth-order valence-corrected chi connectivity index (χ4v) is 3.47. The number of carbonyl (C=O) groups is 1. The molecule has 0 saturated heterocycles. The van der Waals surface area contributed by atoms with Crippen LogP contribution in [0.5, 0.6) is 0 Å². The molecule has 0 unspecified atom stereocenters. The first kappa shape index (κ1) is 17.9. The van der Waals surface area contributed by atoms with Gasteiger partial charge in [0.1, 0.15) is 0 Å². The first-order chi connectivity index (χ1) is 12.6. The minimum absolute atomic E-state index is 0.0662. The van der Waals surface area contributed by atoms with Crippen molar-refractivity contribution in [1.29, 1.82) is 0 Å². The van der Waals surface area contributed by atoms with E-state index >= 15 is 0 Å². The van der Waals surface area contributed by atoms with E-state index in [1.807, 2.05) is 42.5 Å². The highest BCUT2D eigenvalue weighted by Crippen LogP contribution is 2.20. The Morgan fingerprint density at radius 2 is 1.88 bits per heavy atom. The first-order valence-electron chi connectivity index (χ1n) is 8.16. The maximum Gasteiger partial charge on any atom is 0.261 e. The molecule has 0 fully saturated rings. The van der Waals surface area contributed by atoms with Crippen LogP contribution in [0.3, 0.4) is 0 Å². The maximum absolute atomic E-state index is 12.7. The van der Waals surface area contributed by atoms with Crippen molar-refractivity contribution in [2.24, 2.45) is 7.05 Å². The van der Waals surface area contributed by atoms with Gasteiger partial charge in [-0.15, -0.1) is 6.58 Å². The summed E-state index contributed by atoms with van der Waals surface area (Å²) >= 11 is 1.26. The van der Waals surface area contributed by atoms with Crippen LogP contribution in [0.1, 0.15) is 0 Å². The van der Waals surface area contributed by atoms with Crippen molar-refractivity contribution in [2.45, 2.75) is 5.16 Å². The molecule has 1 heterocycles. The van der Waals surface area contributed by atoms with Crippen LogP contribution in [-0.2, 0) is 11.8 Å². The van der Waals surface area contributed by atoms with Gasteiger partial charge in [0.15, 0.2) is 5.16 Å². The maximum atomic E-state index is 12.7. The summed E-state index contributed by atoms with van der Waals surface area (Å²) in [5.41, 5.74) is 1.34. The lowest BCUT2D eigenvalue weighted by Gasteiger charge is -2.21. The van der Waals surface area contributed by atoms with Crippen molar-refractivity contribution < 1.29 is 4.79 Å². The van der Waals surface area contributed by atoms with Crippen LogP contribution in [0.25, 0.3) is 10.9 Å². The topological polar surface area (TPSA) is 55.2 Å². The van der Waals surface area contributed by atoms with Crippen LogP contribution in [0.4, 0.5) is 5.69 Å². The van der Waals surface area contributed by atoms with Gasteiger partial charge in [-0.1, -0.05) is 48.2 Å². The van der Waals surface area contributed by atoms with Gasteiger partial charge in [-0.25, -0.2) is 4.98 Å². The van der Waals surface area contributed by atoms with E-state index in [0.29, 0.717) is 22.6 Å². The molecule has 0 radical (unpaired) electrons. The second-order valence-electron chi connectivity index (χ2n) is 5.69. The van der Waals surface area contributed by atoms with E-state index < -0.39 is 0 Å². The lowest BCUT2D eigenvalue weighted by atomic mass is 10.2. The van der Waals surface area contributed by atoms with E-state index in [9.17, 15) is 9.59 Å². The third-order valence-corrected chi connectivity index (χ3v) is 4.96. The van der Waals surface area contributed by atoms with Gasteiger partial charge < -0.3 is 4.90 Å². The summed E-state index contributed by atoms with van der Waals surface area (Å²) in [5.74, 6) is 0.116. The number of anilines is 1. The average Bonchev–Trinajstić information content (AvgIpc) is 2.68. The fourth-order valence-electron chi connectivity index (χ4n) is 2.62. The van der Waals surface area contributed by atoms with Gasteiger partial charge in [-0.2, -0.15) is 0 Å². The summed E-state index contributed by atoms with van der Waals surface area (Å²) in [6, 6.07) is 16.7. The number of thioether (sulfide) groups is 1. The molecule has 26 heavy (non-hydrogen) atoms. The average molecular weight is 365 g/mol. The Morgan fingerprint density at radius 1 is 1.19 bits per heavy atom. The van der Waals surface area contributed by atoms with Crippen LogP contribution in [0, 0.1) is 0 Å². The number of fused-ring (bicyclic) bond motifs is 1. The second-order valence-corrected chi connectivity index (χ2v) is 6.64. The summed E-state index contributed by atoms with van der Waals surface area (Å²) in [6.07, 6.45) is 1.69. The molecule has 6 heteroatoms. The Bertz CT molecular complexity index is 999. The van der Waals surface area contributed by atoms with Crippen LogP contribution < -0.4 is 10.5 Å². The number of rotatable bonds is 6. The molecule has 0 N–H and O–H groups in total. The molecule has 2 aromatic carbocycles. The molecule has 5 nitrogen and oxygen atoms in total. The Kier molecular flexibility index (Phi) is 5.53. The fraction of sp³-hybridized carbons (Fsp3) is 0.150. The molecule has 0 atom stereocenters. The molecule has 1 amide bonds. The molecule has 0 aliphatic carbocycles. The Hall–Kier alpha value is -2.86. The molecule has 0 aliphatic heterocycles. The smallest absolute Gasteiger partial charge is 0.261 e. The zero-order chi connectivity index (χ0) is 18.5. The minimum Gasteiger partial charge on any atom is -0.308 e. The van der Waals surface area contributed by atoms with Crippen molar-refractivity contribution >= 4 is 34.3 Å². The van der Waals surface area contributed by atoms with E-state index in [1.165, 1.54) is 16.3 Å². The number of hydrogen-bond donors (Lipinski definition) is 0. The lowest BCUT2D eigenvalue weighted by molar-refractivity contribution is -0.116. The number of amides is 1. The van der Waals surface area contributed by atoms with Crippen molar-refractivity contribution in [3.63, 3.8) is 0 Å². The number of hydrogen-bond acceptors (Lipinski definition) is 4. The largest absolute Gasteiger partial charge is 0.308 e. The highest BCUT2D eigenvalue weighted by atomic mass is 32.2. The number of para-hydroxylation sites is 2. The van der Waals surface area contributed by atoms with Gasteiger partial charge in [-0.05, 0) is 24.3 Å². The predicted molar refractivity (Wildman–Crippen MR) is 107 cm³/mol. The molecular weight excluding hydrogens is 346 g/mol. The van der Waals surface area contributed by atoms with E-state index in [4.69, 9.17) is 0 Å². The molecule has 0 spiro atoms. The van der Waals surface area contributed by atoms with Crippen molar-refractivity contribution in [2.75, 3.05) is 17.2 Å². The lowest BCUT2D eigenvalue weighted by Crippen LogP contribution is -2.32. The molecule has 0 aliphatic rings. The Morgan fingerprint density at radius 3 is 2.62 bits per heavy atom. The molecule has 3 aromatic rings. The summed E-state index contributed by atoms with van der Waals surface area (Å²) in [5, 5.41) is 1.09. The van der Waals surface area contributed by atoms with Gasteiger partial charge in [0.05, 0.1) is 16.7 Å². The van der Waals surface area contributed by atoms with Crippen LogP contribution in [0.2, 0.25) is 0 Å². The highest BCUT2D eigenvalue weighted by molar-refractivity contribution is 7.99. The SMILES string of the molecule is C=CCN(C(=O)CSc1nc2ccccc2c(=O)n1C)c1ccccc1. The predicted octanol–water partition coefficient (Wildman–Crippen LogP) is 3.24. The number of carbonyl (C=O) groups excluding carboxylic acids is 1. The summed E-state index contributed by atoms with van der Waals surface area (Å²) in [4.78, 5) is 31.3. The zero-order valence-electron chi connectivity index (χ0n) is 14.5. The van der Waals surface area contributed by atoms with Gasteiger partial charge in [-0.3, -0.25) is 14.2 Å². The Labute approximate surface area is 156 Å². The molecule has 132 valence electrons. The standard InChI is InChI=1S/C20H19N3O2S/c1-3-13-23(15-9-5-4-6-10-15)18(24)14-26-20-21-17-12-8-7-11-16(17)19(25)22(20)2/h3-12H,1,13-14H2,2H3. The third-order valence-electron chi connectivity index (χ3n) is 3.95. The van der Waals surface area contributed by atoms with Crippen LogP contribution in [0.15, 0.2) is 77.2 Å². The van der Waals surface area contributed by atoms with Crippen LogP contribution >= 0.6 is 11.8 Å². The van der Waals surface area contributed by atoms with Gasteiger partial charge in [0, 0.05) is 19.3 Å². The normalized spacial score (nSPS) is 10.7. The number of aromatic nitrogens is 2. The van der Waals surface area contributed by atoms with Gasteiger partial charge in [0.25, 0.3) is 5.56 Å². The van der Waals surface area contributed by atoms with E-state index in [0.717, 1.165) is 5.69 Å². The summed E-state index contributed by atoms with van der Waals surface area (Å²) in [6.45, 7) is 4.15. The quantitative estimate of drug-likeness (QED) is 0.382. The number of nitrogens with zero attached hydrogens (tertiary/aromatic N) is 3. The van der Waals surface area contributed by atoms with E-state index in [-0.39, 0.29) is 17.2 Å². The van der Waals surface area contributed by atoms with Gasteiger partial charge >= 0.3 is 0 Å². The van der Waals surface area contributed by atoms with Gasteiger partial charge in [0.2, 0.25) is 5.91 Å². The van der Waals surface area contributed by atoms with E-state index in [1.54, 1.807) is 30.2 Å². The summed E-state index contributed by atoms with van der Waals surface area (Å²) < 4.78 is 1.49. The summed E-state index contributed by atoms with van der Waals surface area (Å²) in [7, 11) is 1.67. The van der Waals surface area contributed by atoms with Crippen molar-refractivity contribution in [3.05, 3.63) is 77.6 Å². The van der Waals surface area contributed by atoms with Crippen molar-refractivity contribution in [3.8, 4) is 0 Å². The molecule has 0 bridgehead atoms. The number of benzene rings is 2. The van der Waals surface area contributed by atoms with Crippen LogP contribution in [-0.4, -0.2) is 27.8 Å². The zero-order valence-corrected chi connectivity index (χ0v) is 15.3. The Balaban J connectivity index is 1.82. The third kappa shape index (κ3) is 3.70. The molecule has 0 saturated carbocycles. The molecule has 3 rings (SSSR count). The van der Waals surface area contributed by atoms with E-state index in [2.05, 4.69) is 11.6 Å².